The zero-order valence-corrected chi connectivity index (χ0v) is 8.76. The number of carboxylic acids is 1. The van der Waals surface area contributed by atoms with E-state index in [0.29, 0.717) is 13.2 Å². The summed E-state index contributed by atoms with van der Waals surface area (Å²) >= 11 is 0. The van der Waals surface area contributed by atoms with Crippen LogP contribution in [0, 0.1) is 5.41 Å². The summed E-state index contributed by atoms with van der Waals surface area (Å²) in [7, 11) is 1.59. The Morgan fingerprint density at radius 2 is 2.08 bits per heavy atom. The number of methoxy groups -OCH3 is 1. The highest BCUT2D eigenvalue weighted by molar-refractivity contribution is 5.74. The van der Waals surface area contributed by atoms with Crippen LogP contribution < -0.4 is 5.32 Å². The molecule has 0 rings (SSSR count). The highest BCUT2D eigenvalue weighted by Gasteiger charge is 2.30. The third-order valence-electron chi connectivity index (χ3n) is 1.77. The Bertz CT molecular complexity index is 163. The van der Waals surface area contributed by atoms with Gasteiger partial charge < -0.3 is 15.2 Å². The molecular weight excluding hydrogens is 170 g/mol. The molecule has 2 N–H and O–H groups in total. The molecule has 0 aromatic carbocycles. The summed E-state index contributed by atoms with van der Waals surface area (Å²) in [6.45, 7) is 6.77. The normalized spacial score (nSPS) is 14.2. The van der Waals surface area contributed by atoms with E-state index in [2.05, 4.69) is 5.32 Å². The molecule has 4 nitrogen and oxygen atoms in total. The van der Waals surface area contributed by atoms with Crippen LogP contribution in [0.2, 0.25) is 0 Å². The van der Waals surface area contributed by atoms with Crippen molar-refractivity contribution in [3.63, 3.8) is 0 Å². The van der Waals surface area contributed by atoms with Gasteiger partial charge in [0.1, 0.15) is 6.04 Å². The second kappa shape index (κ2) is 5.19. The van der Waals surface area contributed by atoms with Crippen molar-refractivity contribution in [1.82, 2.24) is 5.32 Å². The van der Waals surface area contributed by atoms with Crippen LogP contribution in [0.4, 0.5) is 0 Å². The number of nitrogens with one attached hydrogen (secondary N) is 1. The van der Waals surface area contributed by atoms with Crippen molar-refractivity contribution in [2.24, 2.45) is 5.41 Å². The fourth-order valence-corrected chi connectivity index (χ4v) is 1.07. The van der Waals surface area contributed by atoms with E-state index in [4.69, 9.17) is 9.84 Å². The van der Waals surface area contributed by atoms with Crippen LogP contribution in [0.5, 0.6) is 0 Å². The summed E-state index contributed by atoms with van der Waals surface area (Å²) in [4.78, 5) is 10.8. The average Bonchev–Trinajstić information content (AvgIpc) is 1.94. The van der Waals surface area contributed by atoms with E-state index in [-0.39, 0.29) is 5.41 Å². The Labute approximate surface area is 79.3 Å². The number of rotatable bonds is 5. The molecule has 4 heteroatoms. The van der Waals surface area contributed by atoms with Crippen molar-refractivity contribution in [1.29, 1.82) is 0 Å². The van der Waals surface area contributed by atoms with Crippen molar-refractivity contribution in [3.8, 4) is 0 Å². The van der Waals surface area contributed by atoms with Gasteiger partial charge in [-0.15, -0.1) is 0 Å². The molecule has 78 valence electrons. The van der Waals surface area contributed by atoms with E-state index in [0.717, 1.165) is 0 Å². The van der Waals surface area contributed by atoms with E-state index < -0.39 is 12.0 Å². The Hall–Kier alpha value is -0.610. The molecule has 0 fully saturated rings. The molecule has 0 aliphatic rings. The fraction of sp³-hybridized carbons (Fsp3) is 0.889. The van der Waals surface area contributed by atoms with Gasteiger partial charge in [0.05, 0.1) is 6.61 Å². The van der Waals surface area contributed by atoms with Crippen molar-refractivity contribution in [3.05, 3.63) is 0 Å². The first kappa shape index (κ1) is 12.4. The number of hydrogen-bond acceptors (Lipinski definition) is 3. The molecule has 0 aliphatic carbocycles. The summed E-state index contributed by atoms with van der Waals surface area (Å²) in [5.74, 6) is -0.816. The van der Waals surface area contributed by atoms with E-state index in [1.54, 1.807) is 7.11 Å². The minimum atomic E-state index is -0.816. The molecular formula is C9H19NO3. The predicted octanol–water partition coefficient (Wildman–Crippen LogP) is 0.722. The highest BCUT2D eigenvalue weighted by Crippen LogP contribution is 2.18. The lowest BCUT2D eigenvalue weighted by molar-refractivity contribution is -0.142. The van der Waals surface area contributed by atoms with Crippen LogP contribution in [-0.4, -0.2) is 37.4 Å². The highest BCUT2D eigenvalue weighted by atomic mass is 16.5. The van der Waals surface area contributed by atoms with Gasteiger partial charge >= 0.3 is 5.97 Å². The third kappa shape index (κ3) is 4.85. The lowest BCUT2D eigenvalue weighted by Crippen LogP contribution is -2.47. The number of carbonyl (C=O) groups is 1. The first-order valence-corrected chi connectivity index (χ1v) is 4.34. The average molecular weight is 189 g/mol. The van der Waals surface area contributed by atoms with Gasteiger partial charge in [-0.25, -0.2) is 0 Å². The van der Waals surface area contributed by atoms with Crippen LogP contribution in [0.25, 0.3) is 0 Å². The molecule has 0 aromatic rings. The Morgan fingerprint density at radius 3 is 2.38 bits per heavy atom. The molecule has 1 unspecified atom stereocenters. The molecule has 0 spiro atoms. The van der Waals surface area contributed by atoms with Crippen molar-refractivity contribution < 1.29 is 14.6 Å². The summed E-state index contributed by atoms with van der Waals surface area (Å²) in [5.41, 5.74) is -0.278. The minimum absolute atomic E-state index is 0.278. The van der Waals surface area contributed by atoms with Crippen molar-refractivity contribution in [2.75, 3.05) is 20.3 Å². The van der Waals surface area contributed by atoms with Gasteiger partial charge in [-0.2, -0.15) is 0 Å². The SMILES string of the molecule is COCCNC(C(=O)O)C(C)(C)C. The maximum Gasteiger partial charge on any atom is 0.321 e. The number of aliphatic carboxylic acids is 1. The largest absolute Gasteiger partial charge is 0.480 e. The van der Waals surface area contributed by atoms with Gasteiger partial charge in [-0.05, 0) is 5.41 Å². The molecule has 0 saturated heterocycles. The first-order valence-electron chi connectivity index (χ1n) is 4.34. The molecule has 0 heterocycles. The minimum Gasteiger partial charge on any atom is -0.480 e. The monoisotopic (exact) mass is 189 g/mol. The standard InChI is InChI=1S/C9H19NO3/c1-9(2,3)7(8(11)12)10-5-6-13-4/h7,10H,5-6H2,1-4H3,(H,11,12). The zero-order chi connectivity index (χ0) is 10.5. The van der Waals surface area contributed by atoms with E-state index >= 15 is 0 Å². The Balaban J connectivity index is 4.04. The summed E-state index contributed by atoms with van der Waals surface area (Å²) < 4.78 is 4.83. The molecule has 13 heavy (non-hydrogen) atoms. The fourth-order valence-electron chi connectivity index (χ4n) is 1.07. The van der Waals surface area contributed by atoms with Gasteiger partial charge in [0.2, 0.25) is 0 Å². The molecule has 0 amide bonds. The summed E-state index contributed by atoms with van der Waals surface area (Å²) in [6.07, 6.45) is 0. The van der Waals surface area contributed by atoms with Crippen LogP contribution in [0.15, 0.2) is 0 Å². The molecule has 0 aromatic heterocycles. The maximum atomic E-state index is 10.8. The van der Waals surface area contributed by atoms with Gasteiger partial charge in [-0.1, -0.05) is 20.8 Å². The van der Waals surface area contributed by atoms with Crippen molar-refractivity contribution >= 4 is 5.97 Å². The smallest absolute Gasteiger partial charge is 0.321 e. The number of ether oxygens (including phenoxy) is 1. The van der Waals surface area contributed by atoms with E-state index in [1.807, 2.05) is 20.8 Å². The van der Waals surface area contributed by atoms with E-state index in [1.165, 1.54) is 0 Å². The maximum absolute atomic E-state index is 10.8. The molecule has 0 saturated carbocycles. The first-order chi connectivity index (χ1) is 5.89. The van der Waals surface area contributed by atoms with Crippen LogP contribution in [0.1, 0.15) is 20.8 Å². The third-order valence-corrected chi connectivity index (χ3v) is 1.77. The van der Waals surface area contributed by atoms with Gasteiger partial charge in [-0.3, -0.25) is 4.79 Å². The number of hydrogen-bond donors (Lipinski definition) is 2. The summed E-state index contributed by atoms with van der Waals surface area (Å²) in [6, 6.07) is -0.525. The van der Waals surface area contributed by atoms with Crippen molar-refractivity contribution in [2.45, 2.75) is 26.8 Å². The second-order valence-corrected chi connectivity index (χ2v) is 4.08. The molecule has 1 atom stereocenters. The van der Waals surface area contributed by atoms with Crippen LogP contribution >= 0.6 is 0 Å². The molecule has 0 radical (unpaired) electrons. The lowest BCUT2D eigenvalue weighted by atomic mass is 9.87. The zero-order valence-electron chi connectivity index (χ0n) is 8.76. The predicted molar refractivity (Wildman–Crippen MR) is 50.8 cm³/mol. The van der Waals surface area contributed by atoms with E-state index in [9.17, 15) is 4.79 Å². The van der Waals surface area contributed by atoms with Crippen LogP contribution in [0.3, 0.4) is 0 Å². The quantitative estimate of drug-likeness (QED) is 0.626. The van der Waals surface area contributed by atoms with Gasteiger partial charge in [0, 0.05) is 13.7 Å². The van der Waals surface area contributed by atoms with Crippen LogP contribution in [-0.2, 0) is 9.53 Å². The van der Waals surface area contributed by atoms with Gasteiger partial charge in [0.25, 0.3) is 0 Å². The summed E-state index contributed by atoms with van der Waals surface area (Å²) in [5, 5.41) is 11.8. The Morgan fingerprint density at radius 1 is 1.54 bits per heavy atom. The number of carboxylic acid groups (broad SMARTS) is 1. The molecule has 0 bridgehead atoms. The lowest BCUT2D eigenvalue weighted by Gasteiger charge is -2.27. The van der Waals surface area contributed by atoms with Gasteiger partial charge in [0.15, 0.2) is 0 Å². The Kier molecular flexibility index (Phi) is 4.95. The molecule has 0 aliphatic heterocycles. The topological polar surface area (TPSA) is 58.6 Å². The second-order valence-electron chi connectivity index (χ2n) is 4.08.